The topological polar surface area (TPSA) is 58.2 Å². The third-order valence-corrected chi connectivity index (χ3v) is 2.83. The van der Waals surface area contributed by atoms with Crippen LogP contribution in [-0.2, 0) is 4.79 Å². The van der Waals surface area contributed by atoms with Crippen LogP contribution in [0.25, 0.3) is 0 Å². The van der Waals surface area contributed by atoms with Crippen molar-refractivity contribution in [2.75, 3.05) is 10.6 Å². The Labute approximate surface area is 122 Å². The van der Waals surface area contributed by atoms with E-state index in [9.17, 15) is 9.59 Å². The minimum absolute atomic E-state index is 0.156. The first-order valence-electron chi connectivity index (χ1n) is 6.02. The van der Waals surface area contributed by atoms with Gasteiger partial charge in [0, 0.05) is 28.8 Å². The van der Waals surface area contributed by atoms with E-state index in [2.05, 4.69) is 23.3 Å². The van der Waals surface area contributed by atoms with Crippen LogP contribution in [0.3, 0.4) is 0 Å². The molecule has 4 nitrogen and oxygen atoms in total. The van der Waals surface area contributed by atoms with E-state index < -0.39 is 0 Å². The van der Waals surface area contributed by atoms with E-state index in [1.807, 2.05) is 0 Å². The van der Waals surface area contributed by atoms with Crippen LogP contribution in [0.1, 0.15) is 17.3 Å². The van der Waals surface area contributed by atoms with Gasteiger partial charge in [0.2, 0.25) is 5.91 Å². The van der Waals surface area contributed by atoms with Crippen molar-refractivity contribution in [3.05, 3.63) is 54.1 Å². The van der Waals surface area contributed by atoms with E-state index in [1.54, 1.807) is 48.5 Å². The minimum Gasteiger partial charge on any atom is -0.326 e. The van der Waals surface area contributed by atoms with Crippen molar-refractivity contribution in [1.82, 2.24) is 0 Å². The highest BCUT2D eigenvalue weighted by atomic mass is 32.1. The summed E-state index contributed by atoms with van der Waals surface area (Å²) in [5.74, 6) is -0.378. The van der Waals surface area contributed by atoms with E-state index >= 15 is 0 Å². The largest absolute Gasteiger partial charge is 0.326 e. The summed E-state index contributed by atoms with van der Waals surface area (Å²) in [6.07, 6.45) is 0. The number of anilines is 2. The average Bonchev–Trinajstić information content (AvgIpc) is 2.38. The lowest BCUT2D eigenvalue weighted by atomic mass is 10.2. The van der Waals surface area contributed by atoms with Crippen molar-refractivity contribution in [2.24, 2.45) is 0 Å². The minimum atomic E-state index is -0.221. The van der Waals surface area contributed by atoms with E-state index in [0.717, 1.165) is 4.90 Å². The molecule has 0 heterocycles. The lowest BCUT2D eigenvalue weighted by Gasteiger charge is -2.08. The molecule has 102 valence electrons. The summed E-state index contributed by atoms with van der Waals surface area (Å²) in [4.78, 5) is 23.8. The number of nitrogens with one attached hydrogen (secondary N) is 2. The Kier molecular flexibility index (Phi) is 4.42. The maximum Gasteiger partial charge on any atom is 0.255 e. The molecular weight excluding hydrogens is 272 g/mol. The van der Waals surface area contributed by atoms with Crippen LogP contribution in [-0.4, -0.2) is 11.8 Å². The van der Waals surface area contributed by atoms with Crippen LogP contribution in [0.15, 0.2) is 53.4 Å². The van der Waals surface area contributed by atoms with Crippen molar-refractivity contribution in [1.29, 1.82) is 0 Å². The lowest BCUT2D eigenvalue weighted by molar-refractivity contribution is -0.114. The lowest BCUT2D eigenvalue weighted by Crippen LogP contribution is -2.12. The van der Waals surface area contributed by atoms with Crippen LogP contribution in [0.4, 0.5) is 11.4 Å². The zero-order valence-electron chi connectivity index (χ0n) is 10.9. The van der Waals surface area contributed by atoms with Gasteiger partial charge >= 0.3 is 0 Å². The number of amides is 2. The molecule has 0 aromatic heterocycles. The van der Waals surface area contributed by atoms with Crippen LogP contribution >= 0.6 is 12.6 Å². The van der Waals surface area contributed by atoms with Crippen molar-refractivity contribution < 1.29 is 9.59 Å². The maximum atomic E-state index is 12.1. The highest BCUT2D eigenvalue weighted by molar-refractivity contribution is 7.80. The molecule has 20 heavy (non-hydrogen) atoms. The van der Waals surface area contributed by atoms with Gasteiger partial charge in [0.05, 0.1) is 0 Å². The van der Waals surface area contributed by atoms with Gasteiger partial charge in [-0.15, -0.1) is 12.6 Å². The Morgan fingerprint density at radius 3 is 2.25 bits per heavy atom. The summed E-state index contributed by atoms with van der Waals surface area (Å²) in [6, 6.07) is 13.9. The number of hydrogen-bond donors (Lipinski definition) is 3. The van der Waals surface area contributed by atoms with Gasteiger partial charge in [0.15, 0.2) is 0 Å². The van der Waals surface area contributed by atoms with E-state index in [-0.39, 0.29) is 11.8 Å². The first-order valence-corrected chi connectivity index (χ1v) is 6.47. The van der Waals surface area contributed by atoms with Crippen molar-refractivity contribution >= 4 is 35.8 Å². The summed E-state index contributed by atoms with van der Waals surface area (Å²) in [6.45, 7) is 1.43. The molecule has 0 bridgehead atoms. The molecule has 2 amide bonds. The molecule has 0 atom stereocenters. The van der Waals surface area contributed by atoms with E-state index in [4.69, 9.17) is 0 Å². The fourth-order valence-electron chi connectivity index (χ4n) is 1.73. The first kappa shape index (κ1) is 14.1. The molecule has 2 N–H and O–H groups in total. The van der Waals surface area contributed by atoms with Gasteiger partial charge in [0.25, 0.3) is 5.91 Å². The molecule has 0 aliphatic rings. The zero-order valence-corrected chi connectivity index (χ0v) is 11.8. The number of thiol groups is 1. The quantitative estimate of drug-likeness (QED) is 0.759. The molecule has 0 aliphatic heterocycles. The van der Waals surface area contributed by atoms with Gasteiger partial charge in [0.1, 0.15) is 0 Å². The van der Waals surface area contributed by atoms with Crippen molar-refractivity contribution in [3.63, 3.8) is 0 Å². The van der Waals surface area contributed by atoms with Crippen LogP contribution in [0.2, 0.25) is 0 Å². The van der Waals surface area contributed by atoms with Crippen LogP contribution < -0.4 is 10.6 Å². The normalized spacial score (nSPS) is 9.90. The average molecular weight is 286 g/mol. The number of carbonyl (C=O) groups is 2. The molecule has 0 saturated heterocycles. The second kappa shape index (κ2) is 6.25. The highest BCUT2D eigenvalue weighted by Gasteiger charge is 2.06. The first-order chi connectivity index (χ1) is 9.54. The summed E-state index contributed by atoms with van der Waals surface area (Å²) in [7, 11) is 0. The fraction of sp³-hybridized carbons (Fsp3) is 0.0667. The Hall–Kier alpha value is -2.27. The van der Waals surface area contributed by atoms with E-state index in [0.29, 0.717) is 16.9 Å². The third kappa shape index (κ3) is 3.86. The molecule has 0 unspecified atom stereocenters. The molecule has 5 heteroatoms. The number of carbonyl (C=O) groups excluding carboxylic acids is 2. The second-order valence-corrected chi connectivity index (χ2v) is 4.78. The Balaban J connectivity index is 2.13. The van der Waals surface area contributed by atoms with Gasteiger partial charge in [-0.1, -0.05) is 12.1 Å². The smallest absolute Gasteiger partial charge is 0.255 e. The van der Waals surface area contributed by atoms with Gasteiger partial charge in [-0.3, -0.25) is 9.59 Å². The van der Waals surface area contributed by atoms with E-state index in [1.165, 1.54) is 6.92 Å². The Morgan fingerprint density at radius 1 is 0.950 bits per heavy atom. The van der Waals surface area contributed by atoms with Gasteiger partial charge in [-0.2, -0.15) is 0 Å². The molecule has 0 saturated carbocycles. The predicted octanol–water partition coefficient (Wildman–Crippen LogP) is 3.19. The number of rotatable bonds is 3. The molecule has 2 rings (SSSR count). The molecule has 2 aromatic carbocycles. The third-order valence-electron chi connectivity index (χ3n) is 2.55. The molecule has 2 aromatic rings. The monoisotopic (exact) mass is 286 g/mol. The number of benzene rings is 2. The summed E-state index contributed by atoms with van der Waals surface area (Å²) in [5.41, 5.74) is 1.78. The standard InChI is InChI=1S/C15H14N2O2S/c1-10(18)16-12-5-3-6-13(9-12)17-15(19)11-4-2-7-14(20)8-11/h2-9,20H,1H3,(H,16,18)(H,17,19). The second-order valence-electron chi connectivity index (χ2n) is 4.27. The van der Waals surface area contributed by atoms with Gasteiger partial charge in [-0.25, -0.2) is 0 Å². The summed E-state index contributed by atoms with van der Waals surface area (Å²) in [5, 5.41) is 5.44. The van der Waals surface area contributed by atoms with Gasteiger partial charge in [-0.05, 0) is 36.4 Å². The molecular formula is C15H14N2O2S. The fourth-order valence-corrected chi connectivity index (χ4v) is 1.95. The van der Waals surface area contributed by atoms with Crippen molar-refractivity contribution in [2.45, 2.75) is 11.8 Å². The highest BCUT2D eigenvalue weighted by Crippen LogP contribution is 2.17. The molecule has 0 aliphatic carbocycles. The van der Waals surface area contributed by atoms with Crippen LogP contribution in [0, 0.1) is 0 Å². The molecule has 0 fully saturated rings. The summed E-state index contributed by atoms with van der Waals surface area (Å²) >= 11 is 4.20. The molecule has 0 radical (unpaired) electrons. The zero-order chi connectivity index (χ0) is 14.5. The maximum absolute atomic E-state index is 12.1. The van der Waals surface area contributed by atoms with Crippen LogP contribution in [0.5, 0.6) is 0 Å². The summed E-state index contributed by atoms with van der Waals surface area (Å²) < 4.78 is 0. The van der Waals surface area contributed by atoms with Gasteiger partial charge < -0.3 is 10.6 Å². The Morgan fingerprint density at radius 2 is 1.60 bits per heavy atom. The SMILES string of the molecule is CC(=O)Nc1cccc(NC(=O)c2cccc(S)c2)c1. The molecule has 0 spiro atoms. The number of hydrogen-bond acceptors (Lipinski definition) is 3. The van der Waals surface area contributed by atoms with Crippen molar-refractivity contribution in [3.8, 4) is 0 Å². The Bertz CT molecular complexity index is 656. The predicted molar refractivity (Wildman–Crippen MR) is 82.4 cm³/mol.